The summed E-state index contributed by atoms with van der Waals surface area (Å²) < 4.78 is 10.3. The number of thiazole rings is 1. The molecule has 1 heterocycles. The van der Waals surface area contributed by atoms with Crippen molar-refractivity contribution in [3.8, 4) is 22.1 Å². The molecule has 1 aromatic heterocycles. The zero-order valence-corrected chi connectivity index (χ0v) is 16.9. The van der Waals surface area contributed by atoms with E-state index < -0.39 is 12.6 Å². The Morgan fingerprint density at radius 1 is 1.17 bits per heavy atom. The molecule has 3 rings (SSSR count). The molecule has 0 saturated carbocycles. The topological polar surface area (TPSA) is 85.7 Å². The SMILES string of the molecule is COc1cc(C(=O)/C=C/c2csc(-c3ccc(Cl)cc3)n2)ccc1OCC(=O)O. The Hall–Kier alpha value is -3.16. The molecule has 148 valence electrons. The van der Waals surface area contributed by atoms with Crippen LogP contribution in [0, 0.1) is 0 Å². The van der Waals surface area contributed by atoms with Crippen molar-refractivity contribution in [1.29, 1.82) is 0 Å². The highest BCUT2D eigenvalue weighted by Gasteiger charge is 2.11. The molecule has 3 aromatic rings. The Morgan fingerprint density at radius 2 is 1.93 bits per heavy atom. The minimum Gasteiger partial charge on any atom is -0.493 e. The molecule has 0 unspecified atom stereocenters. The van der Waals surface area contributed by atoms with Crippen molar-refractivity contribution in [2.24, 2.45) is 0 Å². The predicted octanol–water partition coefficient (Wildman–Crippen LogP) is 4.83. The van der Waals surface area contributed by atoms with Crippen molar-refractivity contribution in [2.75, 3.05) is 13.7 Å². The highest BCUT2D eigenvalue weighted by molar-refractivity contribution is 7.13. The lowest BCUT2D eigenvalue weighted by Crippen LogP contribution is -2.10. The van der Waals surface area contributed by atoms with Gasteiger partial charge in [-0.1, -0.05) is 23.7 Å². The lowest BCUT2D eigenvalue weighted by atomic mass is 10.1. The molecule has 0 aliphatic carbocycles. The number of allylic oxidation sites excluding steroid dienone is 1. The van der Waals surface area contributed by atoms with Gasteiger partial charge >= 0.3 is 5.97 Å². The molecule has 1 N–H and O–H groups in total. The van der Waals surface area contributed by atoms with Gasteiger partial charge in [0.25, 0.3) is 0 Å². The van der Waals surface area contributed by atoms with Crippen molar-refractivity contribution < 1.29 is 24.2 Å². The molecule has 0 aliphatic rings. The molecule has 0 saturated heterocycles. The van der Waals surface area contributed by atoms with E-state index in [1.807, 2.05) is 17.5 Å². The average molecular weight is 430 g/mol. The molecule has 2 aromatic carbocycles. The molecule has 0 amide bonds. The van der Waals surface area contributed by atoms with E-state index in [-0.39, 0.29) is 17.3 Å². The molecular weight excluding hydrogens is 414 g/mol. The highest BCUT2D eigenvalue weighted by atomic mass is 35.5. The van der Waals surface area contributed by atoms with Crippen LogP contribution >= 0.6 is 22.9 Å². The van der Waals surface area contributed by atoms with Gasteiger partial charge in [0.1, 0.15) is 5.01 Å². The fourth-order valence-corrected chi connectivity index (χ4v) is 3.34. The van der Waals surface area contributed by atoms with Crippen LogP contribution in [0.25, 0.3) is 16.6 Å². The molecule has 29 heavy (non-hydrogen) atoms. The smallest absolute Gasteiger partial charge is 0.341 e. The maximum absolute atomic E-state index is 12.5. The van der Waals surface area contributed by atoms with Gasteiger partial charge in [0.05, 0.1) is 12.8 Å². The summed E-state index contributed by atoms with van der Waals surface area (Å²) in [7, 11) is 1.42. The Labute approximate surface area is 176 Å². The number of carboxylic acid groups (broad SMARTS) is 1. The largest absolute Gasteiger partial charge is 0.493 e. The first-order valence-corrected chi connectivity index (χ1v) is 9.68. The monoisotopic (exact) mass is 429 g/mol. The van der Waals surface area contributed by atoms with Crippen molar-refractivity contribution in [1.82, 2.24) is 4.98 Å². The van der Waals surface area contributed by atoms with Crippen LogP contribution in [0.5, 0.6) is 11.5 Å². The number of hydrogen-bond acceptors (Lipinski definition) is 6. The summed E-state index contributed by atoms with van der Waals surface area (Å²) in [5.41, 5.74) is 2.00. The molecule has 0 aliphatic heterocycles. The van der Waals surface area contributed by atoms with Crippen molar-refractivity contribution >= 4 is 40.8 Å². The Balaban J connectivity index is 1.72. The first-order valence-electron chi connectivity index (χ1n) is 8.43. The lowest BCUT2D eigenvalue weighted by Gasteiger charge is -2.09. The van der Waals surface area contributed by atoms with E-state index in [2.05, 4.69) is 4.98 Å². The van der Waals surface area contributed by atoms with Crippen LogP contribution in [0.15, 0.2) is 53.9 Å². The quantitative estimate of drug-likeness (QED) is 0.407. The highest BCUT2D eigenvalue weighted by Crippen LogP contribution is 2.29. The van der Waals surface area contributed by atoms with E-state index in [1.165, 1.54) is 36.7 Å². The number of ketones is 1. The number of carbonyl (C=O) groups excluding carboxylic acids is 1. The van der Waals surface area contributed by atoms with E-state index in [1.54, 1.807) is 24.3 Å². The Bertz CT molecular complexity index is 1060. The van der Waals surface area contributed by atoms with E-state index >= 15 is 0 Å². The third kappa shape index (κ3) is 5.43. The molecule has 8 heteroatoms. The number of aromatic nitrogens is 1. The lowest BCUT2D eigenvalue weighted by molar-refractivity contribution is -0.139. The summed E-state index contributed by atoms with van der Waals surface area (Å²) in [6.07, 6.45) is 3.06. The number of halogens is 1. The summed E-state index contributed by atoms with van der Waals surface area (Å²) in [6.45, 7) is -0.497. The van der Waals surface area contributed by atoms with Crippen LogP contribution in [-0.4, -0.2) is 35.6 Å². The summed E-state index contributed by atoms with van der Waals surface area (Å²) >= 11 is 7.37. The number of methoxy groups -OCH3 is 1. The molecule has 0 radical (unpaired) electrons. The van der Waals surface area contributed by atoms with Crippen LogP contribution < -0.4 is 9.47 Å². The summed E-state index contributed by atoms with van der Waals surface area (Å²) in [6, 6.07) is 11.9. The number of aliphatic carboxylic acids is 1. The van der Waals surface area contributed by atoms with E-state index in [4.69, 9.17) is 26.2 Å². The summed E-state index contributed by atoms with van der Waals surface area (Å²) in [4.78, 5) is 27.6. The zero-order chi connectivity index (χ0) is 20.8. The third-order valence-corrected chi connectivity index (χ3v) is 4.98. The van der Waals surface area contributed by atoms with Gasteiger partial charge in [0.15, 0.2) is 23.9 Å². The number of hydrogen-bond donors (Lipinski definition) is 1. The van der Waals surface area contributed by atoms with Crippen LogP contribution in [-0.2, 0) is 4.79 Å². The van der Waals surface area contributed by atoms with E-state index in [0.717, 1.165) is 10.6 Å². The standard InChI is InChI=1S/C21H16ClNO5S/c1-27-19-10-14(4-9-18(19)28-11-20(25)26)17(24)8-7-16-12-29-21(23-16)13-2-5-15(22)6-3-13/h2-10,12H,11H2,1H3,(H,25,26)/b8-7+. The van der Waals surface area contributed by atoms with Gasteiger partial charge in [0.2, 0.25) is 0 Å². The Morgan fingerprint density at radius 3 is 2.62 bits per heavy atom. The number of rotatable bonds is 8. The van der Waals surface area contributed by atoms with E-state index in [0.29, 0.717) is 16.3 Å². The molecule has 6 nitrogen and oxygen atoms in total. The maximum atomic E-state index is 12.5. The second-order valence-corrected chi connectivity index (χ2v) is 7.12. The fourth-order valence-electron chi connectivity index (χ4n) is 2.42. The van der Waals surface area contributed by atoms with Gasteiger partial charge in [-0.25, -0.2) is 9.78 Å². The van der Waals surface area contributed by atoms with Gasteiger partial charge in [-0.15, -0.1) is 11.3 Å². The molecule has 0 bridgehead atoms. The van der Waals surface area contributed by atoms with Gasteiger partial charge in [0, 0.05) is 21.5 Å². The minimum atomic E-state index is -1.10. The number of nitrogens with zero attached hydrogens (tertiary/aromatic N) is 1. The molecule has 0 fully saturated rings. The van der Waals surface area contributed by atoms with Gasteiger partial charge in [-0.05, 0) is 42.5 Å². The van der Waals surface area contributed by atoms with Crippen LogP contribution in [0.4, 0.5) is 0 Å². The number of benzene rings is 2. The van der Waals surface area contributed by atoms with Crippen LogP contribution in [0.2, 0.25) is 5.02 Å². The average Bonchev–Trinajstić information content (AvgIpc) is 3.19. The second kappa shape index (κ2) is 9.36. The van der Waals surface area contributed by atoms with Crippen molar-refractivity contribution in [3.63, 3.8) is 0 Å². The normalized spacial score (nSPS) is 10.8. The van der Waals surface area contributed by atoms with Crippen molar-refractivity contribution in [2.45, 2.75) is 0 Å². The van der Waals surface area contributed by atoms with Gasteiger partial charge < -0.3 is 14.6 Å². The summed E-state index contributed by atoms with van der Waals surface area (Å²) in [5.74, 6) is -0.808. The third-order valence-electron chi connectivity index (χ3n) is 3.82. The number of ether oxygens (including phenoxy) is 2. The van der Waals surface area contributed by atoms with Crippen LogP contribution in [0.1, 0.15) is 16.1 Å². The van der Waals surface area contributed by atoms with Crippen LogP contribution in [0.3, 0.4) is 0 Å². The molecule has 0 atom stereocenters. The van der Waals surface area contributed by atoms with Crippen molar-refractivity contribution in [3.05, 3.63) is 70.2 Å². The van der Waals surface area contributed by atoms with E-state index in [9.17, 15) is 9.59 Å². The second-order valence-electron chi connectivity index (χ2n) is 5.83. The minimum absolute atomic E-state index is 0.242. The maximum Gasteiger partial charge on any atom is 0.341 e. The predicted molar refractivity (Wildman–Crippen MR) is 112 cm³/mol. The fraction of sp³-hybridized carbons (Fsp3) is 0.0952. The number of carbonyl (C=O) groups is 2. The first kappa shape index (κ1) is 20.6. The van der Waals surface area contributed by atoms with Gasteiger partial charge in [-0.3, -0.25) is 4.79 Å². The molecule has 0 spiro atoms. The Kier molecular flexibility index (Phi) is 6.64. The van der Waals surface area contributed by atoms with Gasteiger partial charge in [-0.2, -0.15) is 0 Å². The first-order chi connectivity index (χ1) is 14.0. The number of carboxylic acids is 1. The molecular formula is C21H16ClNO5S. The summed E-state index contributed by atoms with van der Waals surface area (Å²) in [5, 5.41) is 12.1. The zero-order valence-electron chi connectivity index (χ0n) is 15.3.